The highest BCUT2D eigenvalue weighted by Gasteiger charge is 2.14. The topological polar surface area (TPSA) is 28.6 Å². The van der Waals surface area contributed by atoms with E-state index in [1.54, 1.807) is 13.3 Å². The van der Waals surface area contributed by atoms with Crippen LogP contribution < -0.4 is 4.74 Å². The number of rotatable bonds is 3. The van der Waals surface area contributed by atoms with Crippen molar-refractivity contribution in [2.24, 2.45) is 0 Å². The first-order valence-electron chi connectivity index (χ1n) is 5.39. The summed E-state index contributed by atoms with van der Waals surface area (Å²) in [6.45, 7) is 5.49. The Kier molecular flexibility index (Phi) is 4.37. The Morgan fingerprint density at radius 1 is 1.31 bits per heavy atom. The van der Waals surface area contributed by atoms with Gasteiger partial charge < -0.3 is 4.74 Å². The van der Waals surface area contributed by atoms with Crippen molar-refractivity contribution in [3.8, 4) is 5.75 Å². The number of pyridine rings is 1. The van der Waals surface area contributed by atoms with Gasteiger partial charge >= 0.3 is 0 Å². The zero-order valence-corrected chi connectivity index (χ0v) is 11.6. The molecule has 88 valence electrons. The average molecular weight is 333 g/mol. The molecule has 1 aromatic rings. The van der Waals surface area contributed by atoms with Crippen LogP contribution in [0.3, 0.4) is 0 Å². The highest BCUT2D eigenvalue weighted by Crippen LogP contribution is 2.14. The van der Waals surface area contributed by atoms with Crippen molar-refractivity contribution in [2.75, 3.05) is 33.3 Å². The summed E-state index contributed by atoms with van der Waals surface area (Å²) in [5.41, 5.74) is 1.22. The molecule has 1 aromatic heterocycles. The number of ether oxygens (including phenoxy) is 1. The van der Waals surface area contributed by atoms with Crippen molar-refractivity contribution in [2.45, 2.75) is 6.54 Å². The number of aromatic nitrogens is 1. The zero-order chi connectivity index (χ0) is 11.4. The summed E-state index contributed by atoms with van der Waals surface area (Å²) < 4.78 is 7.50. The van der Waals surface area contributed by atoms with E-state index in [-0.39, 0.29) is 0 Å². The van der Waals surface area contributed by atoms with E-state index in [0.29, 0.717) is 0 Å². The molecule has 4 nitrogen and oxygen atoms in total. The van der Waals surface area contributed by atoms with E-state index >= 15 is 0 Å². The number of nitrogens with zero attached hydrogens (tertiary/aromatic N) is 3. The molecule has 0 atom stereocenters. The number of halogens is 1. The average Bonchev–Trinajstić information content (AvgIpc) is 2.32. The predicted molar refractivity (Wildman–Crippen MR) is 71.7 cm³/mol. The molecule has 2 rings (SSSR count). The third-order valence-corrected chi connectivity index (χ3v) is 3.69. The number of piperazine rings is 1. The van der Waals surface area contributed by atoms with Crippen LogP contribution >= 0.6 is 22.9 Å². The fourth-order valence-corrected chi connectivity index (χ4v) is 2.23. The van der Waals surface area contributed by atoms with Crippen LogP contribution in [0.2, 0.25) is 0 Å². The van der Waals surface area contributed by atoms with E-state index < -0.39 is 0 Å². The Hall–Kier alpha value is -0.400. The van der Waals surface area contributed by atoms with Crippen LogP contribution in [0.4, 0.5) is 0 Å². The summed E-state index contributed by atoms with van der Waals surface area (Å²) in [7, 11) is 1.68. The third kappa shape index (κ3) is 3.29. The lowest BCUT2D eigenvalue weighted by Crippen LogP contribution is -2.41. The van der Waals surface area contributed by atoms with E-state index in [2.05, 4.69) is 41.9 Å². The second-order valence-electron chi connectivity index (χ2n) is 3.92. The molecule has 1 saturated heterocycles. The van der Waals surface area contributed by atoms with E-state index in [1.165, 1.54) is 5.56 Å². The van der Waals surface area contributed by atoms with Gasteiger partial charge in [0, 0.05) is 61.8 Å². The summed E-state index contributed by atoms with van der Waals surface area (Å²) in [6.07, 6.45) is 3.66. The Labute approximate surface area is 110 Å². The standard InChI is InChI=1S/C11H16IN3O/c1-16-11-6-10(7-13-8-11)9-14-2-4-15(12)5-3-14/h6-8H,2-5,9H2,1H3. The molecule has 0 amide bonds. The second kappa shape index (κ2) is 5.79. The third-order valence-electron chi connectivity index (χ3n) is 2.73. The lowest BCUT2D eigenvalue weighted by Gasteiger charge is -2.31. The van der Waals surface area contributed by atoms with Gasteiger partial charge in [0.25, 0.3) is 0 Å². The van der Waals surface area contributed by atoms with Crippen LogP contribution in [0.15, 0.2) is 18.5 Å². The molecule has 1 fully saturated rings. The minimum absolute atomic E-state index is 0.838. The van der Waals surface area contributed by atoms with Gasteiger partial charge in [-0.05, 0) is 11.6 Å². The Morgan fingerprint density at radius 2 is 2.06 bits per heavy atom. The highest BCUT2D eigenvalue weighted by atomic mass is 127. The molecular formula is C11H16IN3O. The maximum absolute atomic E-state index is 5.17. The van der Waals surface area contributed by atoms with Gasteiger partial charge in [0.2, 0.25) is 0 Å². The fourth-order valence-electron chi connectivity index (χ4n) is 1.80. The molecule has 5 heteroatoms. The van der Waals surface area contributed by atoms with Gasteiger partial charge in [0.05, 0.1) is 13.3 Å². The molecule has 0 aromatic carbocycles. The van der Waals surface area contributed by atoms with Gasteiger partial charge in [0.1, 0.15) is 5.75 Å². The minimum Gasteiger partial charge on any atom is -0.495 e. The molecule has 0 radical (unpaired) electrons. The summed E-state index contributed by atoms with van der Waals surface area (Å²) >= 11 is 2.38. The Balaban J connectivity index is 1.93. The van der Waals surface area contributed by atoms with Crippen molar-refractivity contribution in [3.05, 3.63) is 24.0 Å². The van der Waals surface area contributed by atoms with E-state index in [4.69, 9.17) is 4.74 Å². The number of hydrogen-bond donors (Lipinski definition) is 0. The molecule has 1 aliphatic rings. The van der Waals surface area contributed by atoms with Crippen molar-refractivity contribution in [1.29, 1.82) is 0 Å². The van der Waals surface area contributed by atoms with E-state index in [9.17, 15) is 0 Å². The van der Waals surface area contributed by atoms with E-state index in [1.807, 2.05) is 6.20 Å². The van der Waals surface area contributed by atoms with Crippen molar-refractivity contribution in [3.63, 3.8) is 0 Å². The smallest absolute Gasteiger partial charge is 0.137 e. The molecule has 0 unspecified atom stereocenters. The monoisotopic (exact) mass is 333 g/mol. The summed E-state index contributed by atoms with van der Waals surface area (Å²) in [5, 5.41) is 0. The second-order valence-corrected chi connectivity index (χ2v) is 5.28. The molecule has 0 saturated carbocycles. The normalized spacial score (nSPS) is 18.6. The maximum Gasteiger partial charge on any atom is 0.137 e. The molecule has 2 heterocycles. The molecule has 1 aliphatic heterocycles. The predicted octanol–water partition coefficient (Wildman–Crippen LogP) is 1.56. The van der Waals surface area contributed by atoms with Crippen molar-refractivity contribution < 1.29 is 4.74 Å². The van der Waals surface area contributed by atoms with Gasteiger partial charge in [-0.2, -0.15) is 0 Å². The van der Waals surface area contributed by atoms with Gasteiger partial charge in [-0.3, -0.25) is 9.88 Å². The van der Waals surface area contributed by atoms with Gasteiger partial charge in [0.15, 0.2) is 0 Å². The van der Waals surface area contributed by atoms with Crippen molar-refractivity contribution in [1.82, 2.24) is 13.0 Å². The Bertz CT molecular complexity index is 340. The number of methoxy groups -OCH3 is 1. The van der Waals surface area contributed by atoms with Crippen molar-refractivity contribution >= 4 is 22.9 Å². The quantitative estimate of drug-likeness (QED) is 0.620. The number of hydrogen-bond acceptors (Lipinski definition) is 4. The molecular weight excluding hydrogens is 317 g/mol. The summed E-state index contributed by atoms with van der Waals surface area (Å²) in [6, 6.07) is 2.06. The van der Waals surface area contributed by atoms with Crippen LogP contribution in [-0.2, 0) is 6.54 Å². The highest BCUT2D eigenvalue weighted by molar-refractivity contribution is 14.1. The lowest BCUT2D eigenvalue weighted by atomic mass is 10.2. The van der Waals surface area contributed by atoms with E-state index in [0.717, 1.165) is 38.5 Å². The lowest BCUT2D eigenvalue weighted by molar-refractivity contribution is 0.198. The maximum atomic E-state index is 5.17. The van der Waals surface area contributed by atoms with Crippen LogP contribution in [0.25, 0.3) is 0 Å². The molecule has 0 N–H and O–H groups in total. The van der Waals surface area contributed by atoms with Crippen LogP contribution in [-0.4, -0.2) is 46.3 Å². The summed E-state index contributed by atoms with van der Waals surface area (Å²) in [4.78, 5) is 6.62. The largest absolute Gasteiger partial charge is 0.495 e. The minimum atomic E-state index is 0.838. The van der Waals surface area contributed by atoms with Crippen LogP contribution in [0, 0.1) is 0 Å². The van der Waals surface area contributed by atoms with Crippen LogP contribution in [0.1, 0.15) is 5.56 Å². The molecule has 0 aliphatic carbocycles. The molecule has 0 spiro atoms. The fraction of sp³-hybridized carbons (Fsp3) is 0.545. The molecule has 0 bridgehead atoms. The van der Waals surface area contributed by atoms with Gasteiger partial charge in [-0.25, -0.2) is 3.11 Å². The summed E-state index contributed by atoms with van der Waals surface area (Å²) in [5.74, 6) is 0.838. The zero-order valence-electron chi connectivity index (χ0n) is 9.40. The Morgan fingerprint density at radius 3 is 2.75 bits per heavy atom. The first kappa shape index (κ1) is 12.1. The first-order valence-corrected chi connectivity index (χ1v) is 6.35. The SMILES string of the molecule is COc1cncc(CN2CCN(I)CC2)c1. The van der Waals surface area contributed by atoms with Gasteiger partial charge in [-0.1, -0.05) is 0 Å². The first-order chi connectivity index (χ1) is 7.78. The van der Waals surface area contributed by atoms with Crippen LogP contribution in [0.5, 0.6) is 5.75 Å². The molecule has 16 heavy (non-hydrogen) atoms. The van der Waals surface area contributed by atoms with Gasteiger partial charge in [-0.15, -0.1) is 0 Å².